The van der Waals surface area contributed by atoms with E-state index in [-0.39, 0.29) is 6.09 Å². The van der Waals surface area contributed by atoms with Crippen LogP contribution in [-0.4, -0.2) is 19.2 Å². The number of carbonyl (C=O) groups is 1. The molecule has 0 unspecified atom stereocenters. The van der Waals surface area contributed by atoms with E-state index in [4.69, 9.17) is 4.74 Å². The van der Waals surface area contributed by atoms with Gasteiger partial charge in [-0.1, -0.05) is 46.0 Å². The molecule has 0 aromatic carbocycles. The van der Waals surface area contributed by atoms with Gasteiger partial charge in [-0.25, -0.2) is 4.79 Å². The van der Waals surface area contributed by atoms with Gasteiger partial charge in [-0.2, -0.15) is 0 Å². The van der Waals surface area contributed by atoms with Gasteiger partial charge in [-0.05, 0) is 12.8 Å². The fraction of sp³-hybridized carbons (Fsp3) is 0.917. The third kappa shape index (κ3) is 11.2. The Bertz CT molecular complexity index is 149. The summed E-state index contributed by atoms with van der Waals surface area (Å²) < 4.78 is 5.00. The van der Waals surface area contributed by atoms with E-state index in [1.54, 1.807) is 0 Å². The lowest BCUT2D eigenvalue weighted by atomic mass is 10.2. The second kappa shape index (κ2) is 11.3. The van der Waals surface area contributed by atoms with Crippen molar-refractivity contribution in [3.8, 4) is 0 Å². The lowest BCUT2D eigenvalue weighted by Gasteiger charge is -2.06. The Morgan fingerprint density at radius 3 is 2.33 bits per heavy atom. The smallest absolute Gasteiger partial charge is 0.407 e. The predicted octanol–water partition coefficient (Wildman–Crippen LogP) is 3.48. The second-order valence-electron chi connectivity index (χ2n) is 3.83. The first-order valence-corrected chi connectivity index (χ1v) is 6.21. The number of unbranched alkanes of at least 4 members (excludes halogenated alkanes) is 5. The first-order chi connectivity index (χ1) is 7.31. The number of carbonyl (C=O) groups excluding carboxylic acids is 1. The Morgan fingerprint density at radius 1 is 1.00 bits per heavy atom. The third-order valence-electron chi connectivity index (χ3n) is 2.28. The highest BCUT2D eigenvalue weighted by molar-refractivity contribution is 5.66. The van der Waals surface area contributed by atoms with E-state index in [2.05, 4.69) is 19.2 Å². The molecule has 0 saturated heterocycles. The van der Waals surface area contributed by atoms with Crippen molar-refractivity contribution in [2.75, 3.05) is 13.2 Å². The van der Waals surface area contributed by atoms with Crippen molar-refractivity contribution in [1.29, 1.82) is 0 Å². The summed E-state index contributed by atoms with van der Waals surface area (Å²) in [6.07, 6.45) is 7.70. The number of hydrogen-bond acceptors (Lipinski definition) is 2. The van der Waals surface area contributed by atoms with Gasteiger partial charge >= 0.3 is 6.09 Å². The third-order valence-corrected chi connectivity index (χ3v) is 2.28. The van der Waals surface area contributed by atoms with Gasteiger partial charge < -0.3 is 10.1 Å². The average Bonchev–Trinajstić information content (AvgIpc) is 2.24. The highest BCUT2D eigenvalue weighted by Gasteiger charge is 1.99. The van der Waals surface area contributed by atoms with E-state index >= 15 is 0 Å². The summed E-state index contributed by atoms with van der Waals surface area (Å²) in [5.41, 5.74) is 0. The molecule has 0 aromatic heterocycles. The molecule has 0 atom stereocenters. The maximum Gasteiger partial charge on any atom is 0.407 e. The largest absolute Gasteiger partial charge is 0.450 e. The van der Waals surface area contributed by atoms with Crippen molar-refractivity contribution < 1.29 is 9.53 Å². The van der Waals surface area contributed by atoms with E-state index in [0.717, 1.165) is 32.2 Å². The molecule has 15 heavy (non-hydrogen) atoms. The van der Waals surface area contributed by atoms with Crippen molar-refractivity contribution in [3.05, 3.63) is 0 Å². The molecule has 3 heteroatoms. The Hall–Kier alpha value is -0.730. The van der Waals surface area contributed by atoms with Crippen molar-refractivity contribution in [2.24, 2.45) is 0 Å². The summed E-state index contributed by atoms with van der Waals surface area (Å²) in [6, 6.07) is 0. The van der Waals surface area contributed by atoms with Gasteiger partial charge in [-0.15, -0.1) is 0 Å². The maximum absolute atomic E-state index is 11.1. The summed E-state index contributed by atoms with van der Waals surface area (Å²) >= 11 is 0. The van der Waals surface area contributed by atoms with E-state index in [9.17, 15) is 4.79 Å². The van der Waals surface area contributed by atoms with Crippen LogP contribution in [-0.2, 0) is 4.74 Å². The zero-order valence-electron chi connectivity index (χ0n) is 10.2. The van der Waals surface area contributed by atoms with Gasteiger partial charge in [-0.3, -0.25) is 0 Å². The van der Waals surface area contributed by atoms with Crippen LogP contribution in [0, 0.1) is 0 Å². The molecule has 0 aliphatic rings. The van der Waals surface area contributed by atoms with Crippen LogP contribution in [0.15, 0.2) is 0 Å². The number of alkyl carbamates (subject to hydrolysis) is 1. The molecule has 0 heterocycles. The van der Waals surface area contributed by atoms with Gasteiger partial charge in [0, 0.05) is 6.54 Å². The van der Waals surface area contributed by atoms with Gasteiger partial charge in [0.25, 0.3) is 0 Å². The first kappa shape index (κ1) is 14.3. The van der Waals surface area contributed by atoms with Crippen molar-refractivity contribution >= 4 is 6.09 Å². The molecule has 0 radical (unpaired) electrons. The molecular formula is C12H25NO2. The highest BCUT2D eigenvalue weighted by atomic mass is 16.5. The molecule has 0 fully saturated rings. The van der Waals surface area contributed by atoms with Crippen LogP contribution < -0.4 is 5.32 Å². The standard InChI is InChI=1S/C12H25NO2/c1-3-5-7-8-10-13-12(14)15-11-9-6-4-2/h3-11H2,1-2H3,(H,13,14). The molecule has 1 N–H and O–H groups in total. The summed E-state index contributed by atoms with van der Waals surface area (Å²) in [5.74, 6) is 0. The number of hydrogen-bond donors (Lipinski definition) is 1. The molecule has 3 nitrogen and oxygen atoms in total. The van der Waals surface area contributed by atoms with Crippen molar-refractivity contribution in [3.63, 3.8) is 0 Å². The SMILES string of the molecule is CCCCCCNC(=O)OCCCCC. The van der Waals surface area contributed by atoms with Crippen molar-refractivity contribution in [2.45, 2.75) is 58.8 Å². The molecule has 1 amide bonds. The normalized spacial score (nSPS) is 10.0. The van der Waals surface area contributed by atoms with Crippen LogP contribution in [0.2, 0.25) is 0 Å². The predicted molar refractivity (Wildman–Crippen MR) is 63.0 cm³/mol. The molecule has 0 aliphatic heterocycles. The van der Waals surface area contributed by atoms with Gasteiger partial charge in [0.1, 0.15) is 0 Å². The lowest BCUT2D eigenvalue weighted by Crippen LogP contribution is -2.25. The molecule has 0 saturated carbocycles. The Kier molecular flexibility index (Phi) is 10.8. The zero-order chi connectivity index (χ0) is 11.4. The lowest BCUT2D eigenvalue weighted by molar-refractivity contribution is 0.144. The quantitative estimate of drug-likeness (QED) is 0.598. The summed E-state index contributed by atoms with van der Waals surface area (Å²) in [4.78, 5) is 11.1. The van der Waals surface area contributed by atoms with E-state index in [1.165, 1.54) is 19.3 Å². The average molecular weight is 215 g/mol. The highest BCUT2D eigenvalue weighted by Crippen LogP contribution is 1.97. The van der Waals surface area contributed by atoms with E-state index < -0.39 is 0 Å². The first-order valence-electron chi connectivity index (χ1n) is 6.21. The molecule has 0 rings (SSSR count). The minimum absolute atomic E-state index is 0.261. The van der Waals surface area contributed by atoms with Crippen LogP contribution in [0.3, 0.4) is 0 Å². The molecule has 0 spiro atoms. The molecule has 90 valence electrons. The van der Waals surface area contributed by atoms with E-state index in [1.807, 2.05) is 0 Å². The fourth-order valence-corrected chi connectivity index (χ4v) is 1.31. The van der Waals surface area contributed by atoms with Crippen LogP contribution in [0.4, 0.5) is 4.79 Å². The van der Waals surface area contributed by atoms with E-state index in [0.29, 0.717) is 6.61 Å². The molecule has 0 aliphatic carbocycles. The molecular weight excluding hydrogens is 190 g/mol. The fourth-order valence-electron chi connectivity index (χ4n) is 1.31. The Labute approximate surface area is 93.6 Å². The maximum atomic E-state index is 11.1. The van der Waals surface area contributed by atoms with Crippen LogP contribution in [0.1, 0.15) is 58.8 Å². The molecule has 0 bridgehead atoms. The van der Waals surface area contributed by atoms with Crippen molar-refractivity contribution in [1.82, 2.24) is 5.32 Å². The van der Waals surface area contributed by atoms with Crippen LogP contribution >= 0.6 is 0 Å². The number of amides is 1. The minimum Gasteiger partial charge on any atom is -0.450 e. The minimum atomic E-state index is -0.261. The Balaban J connectivity index is 3.11. The zero-order valence-corrected chi connectivity index (χ0v) is 10.2. The monoisotopic (exact) mass is 215 g/mol. The Morgan fingerprint density at radius 2 is 1.67 bits per heavy atom. The van der Waals surface area contributed by atoms with Gasteiger partial charge in [0.15, 0.2) is 0 Å². The van der Waals surface area contributed by atoms with Crippen LogP contribution in [0.5, 0.6) is 0 Å². The topological polar surface area (TPSA) is 38.3 Å². The number of nitrogens with one attached hydrogen (secondary N) is 1. The van der Waals surface area contributed by atoms with Gasteiger partial charge in [0.2, 0.25) is 0 Å². The summed E-state index contributed by atoms with van der Waals surface area (Å²) in [7, 11) is 0. The summed E-state index contributed by atoms with van der Waals surface area (Å²) in [5, 5.41) is 2.76. The van der Waals surface area contributed by atoms with Gasteiger partial charge in [0.05, 0.1) is 6.61 Å². The number of ether oxygens (including phenoxy) is 1. The van der Waals surface area contributed by atoms with Crippen LogP contribution in [0.25, 0.3) is 0 Å². The number of rotatable bonds is 9. The summed E-state index contributed by atoms with van der Waals surface area (Å²) in [6.45, 7) is 5.60. The molecule has 0 aromatic rings. The second-order valence-corrected chi connectivity index (χ2v) is 3.83.